The van der Waals surface area contributed by atoms with E-state index in [-0.39, 0.29) is 11.3 Å². The first kappa shape index (κ1) is 19.4. The van der Waals surface area contributed by atoms with Gasteiger partial charge in [0.1, 0.15) is 11.8 Å². The summed E-state index contributed by atoms with van der Waals surface area (Å²) in [5, 5.41) is 11.9. The highest BCUT2D eigenvalue weighted by atomic mass is 32.2. The van der Waals surface area contributed by atoms with Crippen molar-refractivity contribution in [3.05, 3.63) is 42.5 Å². The highest BCUT2D eigenvalue weighted by Crippen LogP contribution is 2.12. The summed E-state index contributed by atoms with van der Waals surface area (Å²) in [7, 11) is -3.62. The molecule has 0 aromatic heterocycles. The van der Waals surface area contributed by atoms with Gasteiger partial charge >= 0.3 is 5.97 Å². The van der Waals surface area contributed by atoms with Crippen LogP contribution in [0.15, 0.2) is 36.9 Å². The number of aliphatic carboxylic acids is 1. The van der Waals surface area contributed by atoms with Gasteiger partial charge in [0.05, 0.1) is 5.75 Å². The maximum atomic E-state index is 12.0. The second-order valence-corrected chi connectivity index (χ2v) is 7.27. The van der Waals surface area contributed by atoms with Crippen LogP contribution in [0.3, 0.4) is 0 Å². The monoisotopic (exact) mass is 354 g/mol. The first-order valence-electron chi connectivity index (χ1n) is 6.90. The Labute approximate surface area is 139 Å². The van der Waals surface area contributed by atoms with Crippen LogP contribution < -0.4 is 10.6 Å². The SMILES string of the molecule is C=CCS(=O)(=O)C(C)C(=O)Nc1ccc(C(=O)NCC(=O)O)cc1. The Bertz CT molecular complexity index is 740. The zero-order valence-electron chi connectivity index (χ0n) is 13.0. The number of hydrogen-bond donors (Lipinski definition) is 3. The highest BCUT2D eigenvalue weighted by molar-refractivity contribution is 7.92. The molecular weight excluding hydrogens is 336 g/mol. The van der Waals surface area contributed by atoms with E-state index in [1.54, 1.807) is 0 Å². The Morgan fingerprint density at radius 2 is 1.83 bits per heavy atom. The Balaban J connectivity index is 2.73. The van der Waals surface area contributed by atoms with Crippen LogP contribution in [0.2, 0.25) is 0 Å². The molecule has 0 saturated heterocycles. The molecule has 1 atom stereocenters. The van der Waals surface area contributed by atoms with Gasteiger partial charge < -0.3 is 15.7 Å². The van der Waals surface area contributed by atoms with Gasteiger partial charge in [-0.05, 0) is 31.2 Å². The Hall–Kier alpha value is -2.68. The van der Waals surface area contributed by atoms with Crippen molar-refractivity contribution in [1.82, 2.24) is 5.32 Å². The summed E-state index contributed by atoms with van der Waals surface area (Å²) in [5.41, 5.74) is 0.525. The quantitative estimate of drug-likeness (QED) is 0.581. The van der Waals surface area contributed by atoms with Gasteiger partial charge in [-0.2, -0.15) is 0 Å². The van der Waals surface area contributed by atoms with E-state index in [2.05, 4.69) is 17.2 Å². The minimum atomic E-state index is -3.62. The van der Waals surface area contributed by atoms with Gasteiger partial charge in [0, 0.05) is 11.3 Å². The largest absolute Gasteiger partial charge is 0.480 e. The number of carbonyl (C=O) groups is 3. The van der Waals surface area contributed by atoms with E-state index >= 15 is 0 Å². The fourth-order valence-corrected chi connectivity index (χ4v) is 2.68. The number of carbonyl (C=O) groups excluding carboxylic acids is 2. The molecule has 2 amide bonds. The number of nitrogens with one attached hydrogen (secondary N) is 2. The molecule has 0 fully saturated rings. The van der Waals surface area contributed by atoms with Crippen molar-refractivity contribution >= 4 is 33.3 Å². The normalized spacial score (nSPS) is 12.0. The van der Waals surface area contributed by atoms with Crippen LogP contribution in [-0.4, -0.2) is 48.9 Å². The highest BCUT2D eigenvalue weighted by Gasteiger charge is 2.26. The molecular formula is C15H18N2O6S. The number of hydrogen-bond acceptors (Lipinski definition) is 5. The Morgan fingerprint density at radius 1 is 1.25 bits per heavy atom. The number of sulfone groups is 1. The molecule has 0 heterocycles. The van der Waals surface area contributed by atoms with Crippen molar-refractivity contribution in [2.24, 2.45) is 0 Å². The molecule has 3 N–H and O–H groups in total. The second kappa shape index (κ2) is 8.25. The maximum Gasteiger partial charge on any atom is 0.322 e. The summed E-state index contributed by atoms with van der Waals surface area (Å²) in [6, 6.07) is 5.60. The molecule has 130 valence electrons. The summed E-state index contributed by atoms with van der Waals surface area (Å²) < 4.78 is 23.6. The summed E-state index contributed by atoms with van der Waals surface area (Å²) >= 11 is 0. The van der Waals surface area contributed by atoms with Crippen LogP contribution in [-0.2, 0) is 19.4 Å². The van der Waals surface area contributed by atoms with E-state index in [1.807, 2.05) is 0 Å². The minimum Gasteiger partial charge on any atom is -0.480 e. The summed E-state index contributed by atoms with van der Waals surface area (Å²) in [4.78, 5) is 34.0. The van der Waals surface area contributed by atoms with E-state index in [9.17, 15) is 22.8 Å². The third-order valence-corrected chi connectivity index (χ3v) is 5.06. The fourth-order valence-electron chi connectivity index (χ4n) is 1.68. The third kappa shape index (κ3) is 5.51. The summed E-state index contributed by atoms with van der Waals surface area (Å²) in [5.74, 6) is -2.73. The topological polar surface area (TPSA) is 130 Å². The number of benzene rings is 1. The molecule has 1 aromatic carbocycles. The smallest absolute Gasteiger partial charge is 0.322 e. The lowest BCUT2D eigenvalue weighted by molar-refractivity contribution is -0.135. The fraction of sp³-hybridized carbons (Fsp3) is 0.267. The minimum absolute atomic E-state index is 0.210. The van der Waals surface area contributed by atoms with Gasteiger partial charge in [0.2, 0.25) is 5.91 Å². The van der Waals surface area contributed by atoms with Gasteiger partial charge in [0.15, 0.2) is 9.84 Å². The standard InChI is InChI=1S/C15H18N2O6S/c1-3-8-24(22,23)10(2)14(20)17-12-6-4-11(5-7-12)15(21)16-9-13(18)19/h3-7,10H,1,8-9H2,2H3,(H,16,21)(H,17,20)(H,18,19). The molecule has 0 aliphatic carbocycles. The molecule has 0 aliphatic rings. The molecule has 0 aliphatic heterocycles. The zero-order valence-corrected chi connectivity index (χ0v) is 13.8. The molecule has 8 nitrogen and oxygen atoms in total. The van der Waals surface area contributed by atoms with Gasteiger partial charge in [-0.3, -0.25) is 14.4 Å². The third-order valence-electron chi connectivity index (χ3n) is 3.07. The van der Waals surface area contributed by atoms with Gasteiger partial charge in [-0.15, -0.1) is 6.58 Å². The van der Waals surface area contributed by atoms with Crippen molar-refractivity contribution in [2.45, 2.75) is 12.2 Å². The molecule has 0 bridgehead atoms. The predicted octanol–water partition coefficient (Wildman–Crippen LogP) is 0.429. The summed E-state index contributed by atoms with van der Waals surface area (Å²) in [6.07, 6.45) is 1.21. The van der Waals surface area contributed by atoms with Crippen LogP contribution in [0.25, 0.3) is 0 Å². The van der Waals surface area contributed by atoms with Crippen LogP contribution in [0.1, 0.15) is 17.3 Å². The molecule has 1 unspecified atom stereocenters. The van der Waals surface area contributed by atoms with E-state index in [1.165, 1.54) is 37.3 Å². The van der Waals surface area contributed by atoms with Crippen molar-refractivity contribution in [3.63, 3.8) is 0 Å². The average Bonchev–Trinajstić information content (AvgIpc) is 2.52. The van der Waals surface area contributed by atoms with Gasteiger partial charge in [0.25, 0.3) is 5.91 Å². The first-order chi connectivity index (χ1) is 11.2. The Kier molecular flexibility index (Phi) is 6.66. The average molecular weight is 354 g/mol. The molecule has 1 aromatic rings. The van der Waals surface area contributed by atoms with Crippen molar-refractivity contribution in [3.8, 4) is 0 Å². The van der Waals surface area contributed by atoms with Gasteiger partial charge in [-0.25, -0.2) is 8.42 Å². The first-order valence-corrected chi connectivity index (χ1v) is 8.62. The van der Waals surface area contributed by atoms with E-state index in [0.717, 1.165) is 0 Å². The van der Waals surface area contributed by atoms with Crippen molar-refractivity contribution in [1.29, 1.82) is 0 Å². The lowest BCUT2D eigenvalue weighted by atomic mass is 10.2. The van der Waals surface area contributed by atoms with Crippen molar-refractivity contribution in [2.75, 3.05) is 17.6 Å². The molecule has 0 radical (unpaired) electrons. The van der Waals surface area contributed by atoms with Crippen LogP contribution in [0.4, 0.5) is 5.69 Å². The zero-order chi connectivity index (χ0) is 18.3. The molecule has 0 saturated carbocycles. The van der Waals surface area contributed by atoms with E-state index in [0.29, 0.717) is 5.69 Å². The van der Waals surface area contributed by atoms with Gasteiger partial charge in [-0.1, -0.05) is 6.08 Å². The number of anilines is 1. The lowest BCUT2D eigenvalue weighted by Gasteiger charge is -2.12. The molecule has 24 heavy (non-hydrogen) atoms. The van der Waals surface area contributed by atoms with Crippen LogP contribution in [0, 0.1) is 0 Å². The van der Waals surface area contributed by atoms with E-state index < -0.39 is 39.4 Å². The van der Waals surface area contributed by atoms with E-state index in [4.69, 9.17) is 5.11 Å². The molecule has 1 rings (SSSR count). The van der Waals surface area contributed by atoms with Crippen molar-refractivity contribution < 1.29 is 27.9 Å². The number of rotatable bonds is 8. The Morgan fingerprint density at radius 3 is 2.33 bits per heavy atom. The second-order valence-electron chi connectivity index (χ2n) is 4.90. The molecule has 9 heteroatoms. The maximum absolute atomic E-state index is 12.0. The number of carboxylic acids is 1. The molecule has 0 spiro atoms. The number of carboxylic acid groups (broad SMARTS) is 1. The summed E-state index contributed by atoms with van der Waals surface area (Å²) in [6.45, 7) is 4.11. The predicted molar refractivity (Wildman–Crippen MR) is 88.5 cm³/mol. The lowest BCUT2D eigenvalue weighted by Crippen LogP contribution is -2.33. The van der Waals surface area contributed by atoms with Crippen LogP contribution >= 0.6 is 0 Å². The van der Waals surface area contributed by atoms with Crippen LogP contribution in [0.5, 0.6) is 0 Å². The number of amides is 2.